The molecule has 8 heteroatoms. The molecule has 0 unspecified atom stereocenters. The van der Waals surface area contributed by atoms with E-state index in [0.29, 0.717) is 54.2 Å². The van der Waals surface area contributed by atoms with E-state index < -0.39 is 5.56 Å². The van der Waals surface area contributed by atoms with E-state index in [4.69, 9.17) is 9.47 Å². The number of rotatable bonds is 5. The lowest BCUT2D eigenvalue weighted by Crippen LogP contribution is -2.41. The van der Waals surface area contributed by atoms with Gasteiger partial charge < -0.3 is 19.7 Å². The third-order valence-electron chi connectivity index (χ3n) is 5.23. The Balaban J connectivity index is 1.66. The van der Waals surface area contributed by atoms with Crippen LogP contribution in [0.5, 0.6) is 5.75 Å². The Morgan fingerprint density at radius 1 is 1.06 bits per heavy atom. The minimum Gasteiger partial charge on any atom is -0.495 e. The smallest absolute Gasteiger partial charge is 0.254 e. The number of carbonyl (C=O) groups excluding carboxylic acids is 2. The summed E-state index contributed by atoms with van der Waals surface area (Å²) < 4.78 is 11.9. The maximum absolute atomic E-state index is 13.0. The third kappa shape index (κ3) is 4.29. The number of ether oxygens (including phenoxy) is 2. The average molecular weight is 421 g/mol. The van der Waals surface area contributed by atoms with E-state index in [9.17, 15) is 14.4 Å². The quantitative estimate of drug-likeness (QED) is 0.682. The number of amides is 2. The van der Waals surface area contributed by atoms with Crippen molar-refractivity contribution in [2.24, 2.45) is 0 Å². The molecule has 2 amide bonds. The second-order valence-electron chi connectivity index (χ2n) is 7.15. The number of carbonyl (C=O) groups is 2. The van der Waals surface area contributed by atoms with E-state index in [1.807, 2.05) is 6.07 Å². The standard InChI is InChI=1S/C23H23N3O5/c1-30-20-9-5-3-7-18(20)24-21(27)15-26-19-8-4-2-6-16(19)17(14-22(26)28)23(29)25-10-12-31-13-11-25/h2-9,14H,10-13,15H2,1H3,(H,24,27). The number of hydrogen-bond acceptors (Lipinski definition) is 5. The van der Waals surface area contributed by atoms with E-state index in [-0.39, 0.29) is 18.4 Å². The van der Waals surface area contributed by atoms with Gasteiger partial charge in [-0.25, -0.2) is 0 Å². The van der Waals surface area contributed by atoms with Crippen LogP contribution in [0, 0.1) is 0 Å². The fourth-order valence-corrected chi connectivity index (χ4v) is 3.69. The van der Waals surface area contributed by atoms with E-state index in [2.05, 4.69) is 5.32 Å². The van der Waals surface area contributed by atoms with Crippen molar-refractivity contribution >= 4 is 28.4 Å². The molecule has 1 fully saturated rings. The number of methoxy groups -OCH3 is 1. The zero-order valence-corrected chi connectivity index (χ0v) is 17.2. The summed E-state index contributed by atoms with van der Waals surface area (Å²) in [5, 5.41) is 3.41. The molecule has 31 heavy (non-hydrogen) atoms. The Bertz CT molecular complexity index is 1180. The summed E-state index contributed by atoms with van der Waals surface area (Å²) in [6.07, 6.45) is 0. The maximum atomic E-state index is 13.0. The first-order chi connectivity index (χ1) is 15.1. The van der Waals surface area contributed by atoms with Crippen molar-refractivity contribution in [3.05, 3.63) is 70.5 Å². The largest absolute Gasteiger partial charge is 0.495 e. The van der Waals surface area contributed by atoms with E-state index >= 15 is 0 Å². The van der Waals surface area contributed by atoms with Crippen molar-refractivity contribution in [2.75, 3.05) is 38.7 Å². The minimum absolute atomic E-state index is 0.191. The molecule has 1 saturated heterocycles. The summed E-state index contributed by atoms with van der Waals surface area (Å²) >= 11 is 0. The highest BCUT2D eigenvalue weighted by molar-refractivity contribution is 6.06. The van der Waals surface area contributed by atoms with Crippen LogP contribution in [0.25, 0.3) is 10.9 Å². The highest BCUT2D eigenvalue weighted by Crippen LogP contribution is 2.23. The first kappa shape index (κ1) is 20.6. The van der Waals surface area contributed by atoms with E-state index in [1.54, 1.807) is 47.4 Å². The zero-order chi connectivity index (χ0) is 21.8. The highest BCUT2D eigenvalue weighted by Gasteiger charge is 2.22. The Hall–Kier alpha value is -3.65. The Morgan fingerprint density at radius 2 is 1.77 bits per heavy atom. The Morgan fingerprint density at radius 3 is 2.55 bits per heavy atom. The number of morpholine rings is 1. The van der Waals surface area contributed by atoms with Gasteiger partial charge in [0.05, 0.1) is 37.1 Å². The van der Waals surface area contributed by atoms with E-state index in [1.165, 1.54) is 17.7 Å². The number of nitrogens with one attached hydrogen (secondary N) is 1. The lowest BCUT2D eigenvalue weighted by Gasteiger charge is -2.27. The van der Waals surface area contributed by atoms with Crippen LogP contribution < -0.4 is 15.6 Å². The van der Waals surface area contributed by atoms with Crippen LogP contribution in [-0.2, 0) is 16.1 Å². The van der Waals surface area contributed by atoms with Crippen LogP contribution in [0.4, 0.5) is 5.69 Å². The van der Waals surface area contributed by atoms with Gasteiger partial charge in [0.15, 0.2) is 0 Å². The van der Waals surface area contributed by atoms with Gasteiger partial charge in [0.25, 0.3) is 11.5 Å². The van der Waals surface area contributed by atoms with Crippen LogP contribution in [0.15, 0.2) is 59.4 Å². The van der Waals surface area contributed by atoms with Crippen molar-refractivity contribution in [3.8, 4) is 5.75 Å². The molecule has 1 aromatic heterocycles. The van der Waals surface area contributed by atoms with Gasteiger partial charge in [0.1, 0.15) is 12.3 Å². The van der Waals surface area contributed by atoms with Gasteiger partial charge in [0.2, 0.25) is 5.91 Å². The molecule has 0 atom stereocenters. The van der Waals surface area contributed by atoms with Gasteiger partial charge in [-0.1, -0.05) is 30.3 Å². The molecule has 1 aliphatic rings. The topological polar surface area (TPSA) is 89.9 Å². The van der Waals surface area contributed by atoms with Crippen molar-refractivity contribution < 1.29 is 19.1 Å². The second kappa shape index (κ2) is 9.01. The fraction of sp³-hybridized carbons (Fsp3) is 0.261. The molecular weight excluding hydrogens is 398 g/mol. The molecular formula is C23H23N3O5. The van der Waals surface area contributed by atoms with Gasteiger partial charge in [-0.15, -0.1) is 0 Å². The monoisotopic (exact) mass is 421 g/mol. The summed E-state index contributed by atoms with van der Waals surface area (Å²) in [7, 11) is 1.52. The molecule has 0 aliphatic carbocycles. The van der Waals surface area contributed by atoms with Crippen molar-refractivity contribution in [3.63, 3.8) is 0 Å². The van der Waals surface area contributed by atoms with Gasteiger partial charge in [-0.3, -0.25) is 19.0 Å². The molecule has 3 aromatic rings. The summed E-state index contributed by atoms with van der Waals surface area (Å²) in [6, 6.07) is 15.5. The van der Waals surface area contributed by atoms with Crippen LogP contribution in [0.3, 0.4) is 0 Å². The number of hydrogen-bond donors (Lipinski definition) is 1. The Kier molecular flexibility index (Phi) is 5.99. The highest BCUT2D eigenvalue weighted by atomic mass is 16.5. The van der Waals surface area contributed by atoms with Crippen molar-refractivity contribution in [1.29, 1.82) is 0 Å². The number of para-hydroxylation sites is 3. The number of benzene rings is 2. The number of nitrogens with zero attached hydrogens (tertiary/aromatic N) is 2. The van der Waals surface area contributed by atoms with Crippen LogP contribution in [0.2, 0.25) is 0 Å². The molecule has 2 heterocycles. The predicted molar refractivity (Wildman–Crippen MR) is 117 cm³/mol. The number of fused-ring (bicyclic) bond motifs is 1. The fourth-order valence-electron chi connectivity index (χ4n) is 3.69. The SMILES string of the molecule is COc1ccccc1NC(=O)Cn1c(=O)cc(C(=O)N2CCOCC2)c2ccccc21. The molecule has 8 nitrogen and oxygen atoms in total. The maximum Gasteiger partial charge on any atom is 0.254 e. The van der Waals surface area contributed by atoms with E-state index in [0.717, 1.165) is 0 Å². The molecule has 2 aromatic carbocycles. The number of pyridine rings is 1. The van der Waals surface area contributed by atoms with Crippen molar-refractivity contribution in [2.45, 2.75) is 6.54 Å². The zero-order valence-electron chi connectivity index (χ0n) is 17.2. The predicted octanol–water partition coefficient (Wildman–Crippen LogP) is 2.12. The van der Waals surface area contributed by atoms with Gasteiger partial charge in [-0.05, 0) is 18.2 Å². The molecule has 1 N–H and O–H groups in total. The van der Waals surface area contributed by atoms with Crippen LogP contribution in [0.1, 0.15) is 10.4 Å². The molecule has 0 saturated carbocycles. The average Bonchev–Trinajstić information content (AvgIpc) is 2.81. The summed E-state index contributed by atoms with van der Waals surface area (Å²) in [6.45, 7) is 1.73. The summed E-state index contributed by atoms with van der Waals surface area (Å²) in [5.74, 6) is -0.0502. The number of aromatic nitrogens is 1. The molecule has 4 rings (SSSR count). The van der Waals surface area contributed by atoms with Gasteiger partial charge >= 0.3 is 0 Å². The van der Waals surface area contributed by atoms with Gasteiger partial charge in [-0.2, -0.15) is 0 Å². The molecule has 1 aliphatic heterocycles. The molecule has 0 radical (unpaired) electrons. The molecule has 0 spiro atoms. The molecule has 0 bridgehead atoms. The Labute approximate surface area is 179 Å². The second-order valence-corrected chi connectivity index (χ2v) is 7.15. The van der Waals surface area contributed by atoms with Gasteiger partial charge in [0, 0.05) is 24.5 Å². The first-order valence-corrected chi connectivity index (χ1v) is 10.0. The first-order valence-electron chi connectivity index (χ1n) is 10.0. The number of anilines is 1. The third-order valence-corrected chi connectivity index (χ3v) is 5.23. The van der Waals surface area contributed by atoms with Crippen LogP contribution in [-0.4, -0.2) is 54.7 Å². The normalized spacial score (nSPS) is 13.8. The molecule has 160 valence electrons. The van der Waals surface area contributed by atoms with Crippen molar-refractivity contribution in [1.82, 2.24) is 9.47 Å². The summed E-state index contributed by atoms with van der Waals surface area (Å²) in [4.78, 5) is 40.3. The lowest BCUT2D eigenvalue weighted by molar-refractivity contribution is -0.116. The van der Waals surface area contributed by atoms with Crippen LogP contribution >= 0.6 is 0 Å². The summed E-state index contributed by atoms with van der Waals surface area (Å²) in [5.41, 5.74) is 0.975. The lowest BCUT2D eigenvalue weighted by atomic mass is 10.1. The minimum atomic E-state index is -0.412.